The molecule has 1 fully saturated rings. The van der Waals surface area contributed by atoms with E-state index in [1.165, 1.54) is 12.1 Å². The highest BCUT2D eigenvalue weighted by Gasteiger charge is 2.45. The van der Waals surface area contributed by atoms with E-state index < -0.39 is 36.1 Å². The number of hydrogen-bond acceptors (Lipinski definition) is 6. The first-order valence-corrected chi connectivity index (χ1v) is 10.3. The fourth-order valence-electron chi connectivity index (χ4n) is 3.54. The van der Waals surface area contributed by atoms with Gasteiger partial charge < -0.3 is 21.1 Å². The topological polar surface area (TPSA) is 151 Å². The van der Waals surface area contributed by atoms with Gasteiger partial charge in [-0.05, 0) is 37.5 Å². The van der Waals surface area contributed by atoms with Gasteiger partial charge in [0.1, 0.15) is 5.60 Å². The molecule has 0 spiro atoms. The Bertz CT molecular complexity index is 1320. The number of nitrogen functional groups attached to an aromatic ring is 1. The van der Waals surface area contributed by atoms with E-state index in [0.29, 0.717) is 29.0 Å². The number of benzene rings is 1. The molecule has 3 unspecified atom stereocenters. The molecule has 1 aliphatic rings. The Morgan fingerprint density at radius 2 is 1.83 bits per heavy atom. The lowest BCUT2D eigenvalue weighted by Crippen LogP contribution is -2.30. The zero-order valence-corrected chi connectivity index (χ0v) is 18.8. The molecule has 1 saturated carbocycles. The van der Waals surface area contributed by atoms with Gasteiger partial charge in [0.2, 0.25) is 0 Å². The number of aryl methyl sites for hydroxylation is 1. The fraction of sp³-hybridized carbons (Fsp3) is 0.364. The number of halogens is 5. The molecule has 4 rings (SSSR count). The van der Waals surface area contributed by atoms with Crippen LogP contribution in [0.15, 0.2) is 30.6 Å². The van der Waals surface area contributed by atoms with Crippen LogP contribution in [0.3, 0.4) is 0 Å². The maximum absolute atomic E-state index is 13.3. The molecular formula is C22H21F5N4O5. The number of nitrogens with zero attached hydrogens (tertiary/aromatic N) is 3. The number of nitrogens with two attached hydrogens (primary N) is 1. The lowest BCUT2D eigenvalue weighted by molar-refractivity contribution is -0.192. The van der Waals surface area contributed by atoms with Crippen LogP contribution in [-0.2, 0) is 15.2 Å². The second-order valence-corrected chi connectivity index (χ2v) is 8.46. The molecule has 0 saturated heterocycles. The molecule has 194 valence electrons. The standard InChI is InChI=1S/C20H20F2N4O3.C2HF3O2/c1-9-3-4-10(20(2,29)19(21)22)5-11(9)15-7-24-17-16(23)25-14(8-26(15)17)12-6-13(12)18(27)28;3-2(4,5)1(6)7/h3-5,7-8,12-13,19,29H,6H2,1-2H3,(H2,23,25)(H,27,28);(H,6,7). The molecule has 3 atom stereocenters. The van der Waals surface area contributed by atoms with Crippen LogP contribution in [0.2, 0.25) is 0 Å². The third kappa shape index (κ3) is 5.22. The Labute approximate surface area is 200 Å². The highest BCUT2D eigenvalue weighted by Crippen LogP contribution is 2.47. The molecule has 5 N–H and O–H groups in total. The Morgan fingerprint density at radius 1 is 1.22 bits per heavy atom. The molecule has 0 amide bonds. The van der Waals surface area contributed by atoms with Crippen molar-refractivity contribution in [2.24, 2.45) is 5.92 Å². The minimum atomic E-state index is -5.08. The van der Waals surface area contributed by atoms with Crippen molar-refractivity contribution in [2.75, 3.05) is 5.73 Å². The van der Waals surface area contributed by atoms with Gasteiger partial charge in [0.05, 0.1) is 23.5 Å². The number of rotatable bonds is 5. The van der Waals surface area contributed by atoms with Crippen LogP contribution in [0.4, 0.5) is 27.8 Å². The van der Waals surface area contributed by atoms with Crippen LogP contribution in [0.5, 0.6) is 0 Å². The van der Waals surface area contributed by atoms with E-state index >= 15 is 0 Å². The highest BCUT2D eigenvalue weighted by molar-refractivity contribution is 5.76. The number of carbonyl (C=O) groups is 2. The smallest absolute Gasteiger partial charge is 0.481 e. The summed E-state index contributed by atoms with van der Waals surface area (Å²) in [6.07, 6.45) is -4.29. The van der Waals surface area contributed by atoms with E-state index in [0.717, 1.165) is 12.5 Å². The summed E-state index contributed by atoms with van der Waals surface area (Å²) in [5.74, 6) is -4.18. The van der Waals surface area contributed by atoms with Crippen LogP contribution < -0.4 is 5.73 Å². The van der Waals surface area contributed by atoms with Gasteiger partial charge in [-0.25, -0.2) is 23.5 Å². The number of carboxylic acids is 2. The highest BCUT2D eigenvalue weighted by atomic mass is 19.4. The number of carboxylic acid groups (broad SMARTS) is 2. The summed E-state index contributed by atoms with van der Waals surface area (Å²) in [5, 5.41) is 26.5. The van der Waals surface area contributed by atoms with Gasteiger partial charge in [-0.1, -0.05) is 12.1 Å². The third-order valence-electron chi connectivity index (χ3n) is 5.79. The van der Waals surface area contributed by atoms with E-state index in [1.54, 1.807) is 22.9 Å². The summed E-state index contributed by atoms with van der Waals surface area (Å²) < 4.78 is 60.0. The molecule has 1 aliphatic carbocycles. The van der Waals surface area contributed by atoms with Crippen molar-refractivity contribution >= 4 is 23.4 Å². The van der Waals surface area contributed by atoms with Crippen LogP contribution in [0.25, 0.3) is 16.9 Å². The van der Waals surface area contributed by atoms with Gasteiger partial charge in [-0.15, -0.1) is 0 Å². The molecule has 3 aromatic rings. The zero-order valence-electron chi connectivity index (χ0n) is 18.8. The number of aliphatic carboxylic acids is 2. The van der Waals surface area contributed by atoms with Crippen LogP contribution >= 0.6 is 0 Å². The first-order chi connectivity index (χ1) is 16.6. The Balaban J connectivity index is 0.000000454. The second-order valence-electron chi connectivity index (χ2n) is 8.46. The van der Waals surface area contributed by atoms with Gasteiger partial charge in [0.25, 0.3) is 6.43 Å². The maximum atomic E-state index is 13.3. The summed E-state index contributed by atoms with van der Waals surface area (Å²) in [6, 6.07) is 4.64. The molecule has 14 heteroatoms. The summed E-state index contributed by atoms with van der Waals surface area (Å²) in [4.78, 5) is 28.7. The number of aromatic nitrogens is 3. The first-order valence-electron chi connectivity index (χ1n) is 10.3. The molecule has 0 aliphatic heterocycles. The van der Waals surface area contributed by atoms with Crippen molar-refractivity contribution in [1.29, 1.82) is 0 Å². The van der Waals surface area contributed by atoms with E-state index in [1.807, 2.05) is 6.92 Å². The molecule has 2 aromatic heterocycles. The number of hydrogen-bond donors (Lipinski definition) is 4. The van der Waals surface area contributed by atoms with Gasteiger partial charge in [0, 0.05) is 17.7 Å². The number of anilines is 1. The molecule has 36 heavy (non-hydrogen) atoms. The molecule has 2 heterocycles. The SMILES string of the molecule is Cc1ccc(C(C)(O)C(F)F)cc1-c1cnc2c(N)nc(C3CC3C(=O)O)cn12.O=C(O)C(F)(F)F. The molecule has 0 bridgehead atoms. The Morgan fingerprint density at radius 3 is 2.33 bits per heavy atom. The van der Waals surface area contributed by atoms with Crippen LogP contribution in [0.1, 0.15) is 36.1 Å². The zero-order chi connectivity index (χ0) is 27.2. The van der Waals surface area contributed by atoms with E-state index in [4.69, 9.17) is 15.6 Å². The van der Waals surface area contributed by atoms with Crippen LogP contribution in [0, 0.1) is 12.8 Å². The summed E-state index contributed by atoms with van der Waals surface area (Å²) in [5.41, 5.74) is 6.76. The summed E-state index contributed by atoms with van der Waals surface area (Å²) in [7, 11) is 0. The monoisotopic (exact) mass is 516 g/mol. The minimum absolute atomic E-state index is 0.0819. The second kappa shape index (κ2) is 9.33. The normalized spacial score (nSPS) is 18.9. The third-order valence-corrected chi connectivity index (χ3v) is 5.79. The fourth-order valence-corrected chi connectivity index (χ4v) is 3.54. The number of fused-ring (bicyclic) bond motifs is 1. The van der Waals surface area contributed by atoms with Crippen molar-refractivity contribution in [3.8, 4) is 11.3 Å². The van der Waals surface area contributed by atoms with E-state index in [-0.39, 0.29) is 17.3 Å². The summed E-state index contributed by atoms with van der Waals surface area (Å²) in [6.45, 7) is 2.89. The lowest BCUT2D eigenvalue weighted by atomic mass is 9.92. The number of alkyl halides is 5. The van der Waals surface area contributed by atoms with Crippen molar-refractivity contribution in [3.05, 3.63) is 47.4 Å². The van der Waals surface area contributed by atoms with Crippen LogP contribution in [-0.4, -0.2) is 54.2 Å². The van der Waals surface area contributed by atoms with Crippen molar-refractivity contribution in [1.82, 2.24) is 14.4 Å². The van der Waals surface area contributed by atoms with Crippen molar-refractivity contribution in [3.63, 3.8) is 0 Å². The average Bonchev–Trinajstić information content (AvgIpc) is 3.47. The molecule has 0 radical (unpaired) electrons. The number of aliphatic hydroxyl groups is 1. The average molecular weight is 516 g/mol. The van der Waals surface area contributed by atoms with Crippen molar-refractivity contribution < 1.29 is 46.9 Å². The molecular weight excluding hydrogens is 495 g/mol. The minimum Gasteiger partial charge on any atom is -0.481 e. The lowest BCUT2D eigenvalue weighted by Gasteiger charge is -2.23. The molecule has 1 aromatic carbocycles. The Hall–Kier alpha value is -3.81. The summed E-state index contributed by atoms with van der Waals surface area (Å²) >= 11 is 0. The Kier molecular flexibility index (Phi) is 6.94. The van der Waals surface area contributed by atoms with E-state index in [2.05, 4.69) is 9.97 Å². The predicted molar refractivity (Wildman–Crippen MR) is 115 cm³/mol. The largest absolute Gasteiger partial charge is 0.490 e. The van der Waals surface area contributed by atoms with Gasteiger partial charge in [-0.3, -0.25) is 9.20 Å². The van der Waals surface area contributed by atoms with Gasteiger partial charge in [-0.2, -0.15) is 13.2 Å². The van der Waals surface area contributed by atoms with Crippen molar-refractivity contribution in [2.45, 2.75) is 44.4 Å². The number of imidazole rings is 1. The first kappa shape index (κ1) is 26.8. The molecule has 9 nitrogen and oxygen atoms in total. The quantitative estimate of drug-likeness (QED) is 0.376. The maximum Gasteiger partial charge on any atom is 0.490 e. The predicted octanol–water partition coefficient (Wildman–Crippen LogP) is 3.58. The van der Waals surface area contributed by atoms with E-state index in [9.17, 15) is 37.0 Å². The van der Waals surface area contributed by atoms with Gasteiger partial charge in [0.15, 0.2) is 11.5 Å². The van der Waals surface area contributed by atoms with Gasteiger partial charge >= 0.3 is 18.1 Å².